The molecule has 2 aromatic carbocycles. The third-order valence-electron chi connectivity index (χ3n) is 2.71. The Hall–Kier alpha value is -1.52. The SMILES string of the molecule is C=C(Nc1ccc(F)c(F)c1)c1ccc(Cl)c(SC)c1. The largest absolute Gasteiger partial charge is 0.355 e. The van der Waals surface area contributed by atoms with Crippen LogP contribution in [-0.2, 0) is 0 Å². The Balaban J connectivity index is 2.21. The maximum absolute atomic E-state index is 13.1. The molecule has 0 aliphatic carbocycles. The minimum atomic E-state index is -0.899. The molecule has 5 heteroatoms. The Bertz CT molecular complexity index is 658. The van der Waals surface area contributed by atoms with Gasteiger partial charge in [0.25, 0.3) is 0 Å². The lowest BCUT2D eigenvalue weighted by Crippen LogP contribution is -1.98. The molecule has 0 aliphatic rings. The molecule has 1 N–H and O–H groups in total. The molecule has 0 bridgehead atoms. The summed E-state index contributed by atoms with van der Waals surface area (Å²) in [5, 5.41) is 3.61. The zero-order chi connectivity index (χ0) is 14.7. The third kappa shape index (κ3) is 3.32. The van der Waals surface area contributed by atoms with Crippen molar-refractivity contribution in [1.29, 1.82) is 0 Å². The summed E-state index contributed by atoms with van der Waals surface area (Å²) in [4.78, 5) is 0.928. The van der Waals surface area contributed by atoms with Gasteiger partial charge < -0.3 is 5.32 Å². The Labute approximate surface area is 125 Å². The van der Waals surface area contributed by atoms with Gasteiger partial charge in [-0.25, -0.2) is 8.78 Å². The number of anilines is 1. The van der Waals surface area contributed by atoms with Gasteiger partial charge in [0.1, 0.15) is 0 Å². The predicted molar refractivity (Wildman–Crippen MR) is 82.2 cm³/mol. The number of benzene rings is 2. The molecule has 0 fully saturated rings. The fourth-order valence-electron chi connectivity index (χ4n) is 1.67. The fraction of sp³-hybridized carbons (Fsp3) is 0.0667. The van der Waals surface area contributed by atoms with Crippen LogP contribution in [0.4, 0.5) is 14.5 Å². The van der Waals surface area contributed by atoms with Crippen molar-refractivity contribution in [2.45, 2.75) is 4.90 Å². The molecule has 1 nitrogen and oxygen atoms in total. The quantitative estimate of drug-likeness (QED) is 0.756. The lowest BCUT2D eigenvalue weighted by molar-refractivity contribution is 0.509. The molecule has 0 aromatic heterocycles. The molecule has 0 heterocycles. The average molecular weight is 312 g/mol. The molecule has 104 valence electrons. The van der Waals surface area contributed by atoms with Crippen LogP contribution in [-0.4, -0.2) is 6.26 Å². The van der Waals surface area contributed by atoms with Crippen LogP contribution in [0.5, 0.6) is 0 Å². The molecular formula is C15H12ClF2NS. The van der Waals surface area contributed by atoms with E-state index in [-0.39, 0.29) is 0 Å². The average Bonchev–Trinajstić information content (AvgIpc) is 2.43. The summed E-state index contributed by atoms with van der Waals surface area (Å²) >= 11 is 7.56. The number of hydrogen-bond donors (Lipinski definition) is 1. The van der Waals surface area contributed by atoms with E-state index in [0.29, 0.717) is 16.4 Å². The van der Waals surface area contributed by atoms with E-state index in [9.17, 15) is 8.78 Å². The van der Waals surface area contributed by atoms with Gasteiger partial charge >= 0.3 is 0 Å². The molecule has 0 saturated heterocycles. The third-order valence-corrected chi connectivity index (χ3v) is 3.93. The summed E-state index contributed by atoms with van der Waals surface area (Å²) in [6, 6.07) is 9.10. The molecular weight excluding hydrogens is 300 g/mol. The highest BCUT2D eigenvalue weighted by Crippen LogP contribution is 2.29. The van der Waals surface area contributed by atoms with Crippen molar-refractivity contribution in [1.82, 2.24) is 0 Å². The van der Waals surface area contributed by atoms with Gasteiger partial charge in [0, 0.05) is 22.3 Å². The summed E-state index contributed by atoms with van der Waals surface area (Å²) in [7, 11) is 0. The van der Waals surface area contributed by atoms with Crippen LogP contribution in [0.2, 0.25) is 5.02 Å². The van der Waals surface area contributed by atoms with Gasteiger partial charge in [-0.3, -0.25) is 0 Å². The number of thioether (sulfide) groups is 1. The van der Waals surface area contributed by atoms with Crippen LogP contribution in [0.3, 0.4) is 0 Å². The number of nitrogens with one attached hydrogen (secondary N) is 1. The van der Waals surface area contributed by atoms with Crippen molar-refractivity contribution in [2.24, 2.45) is 0 Å². The molecule has 0 aliphatic heterocycles. The van der Waals surface area contributed by atoms with Gasteiger partial charge in [-0.05, 0) is 36.1 Å². The van der Waals surface area contributed by atoms with E-state index in [2.05, 4.69) is 11.9 Å². The zero-order valence-corrected chi connectivity index (χ0v) is 12.3. The van der Waals surface area contributed by atoms with Crippen LogP contribution in [0, 0.1) is 11.6 Å². The van der Waals surface area contributed by atoms with E-state index < -0.39 is 11.6 Å². The zero-order valence-electron chi connectivity index (χ0n) is 10.7. The number of halogens is 3. The minimum absolute atomic E-state index is 0.439. The second-order valence-electron chi connectivity index (χ2n) is 4.08. The molecule has 0 atom stereocenters. The molecule has 2 rings (SSSR count). The van der Waals surface area contributed by atoms with Gasteiger partial charge in [0.05, 0.1) is 5.02 Å². The van der Waals surface area contributed by atoms with Crippen LogP contribution in [0.25, 0.3) is 5.70 Å². The summed E-state index contributed by atoms with van der Waals surface area (Å²) in [5.74, 6) is -1.78. The summed E-state index contributed by atoms with van der Waals surface area (Å²) in [6.45, 7) is 3.90. The van der Waals surface area contributed by atoms with Crippen molar-refractivity contribution in [3.05, 3.63) is 65.2 Å². The highest BCUT2D eigenvalue weighted by Gasteiger charge is 2.06. The van der Waals surface area contributed by atoms with Crippen LogP contribution in [0.1, 0.15) is 5.56 Å². The Kier molecular flexibility index (Phi) is 4.68. The standard InChI is InChI=1S/C15H12ClF2NS/c1-9(10-3-5-12(16)15(7-10)20-2)19-11-4-6-13(17)14(18)8-11/h3-8,19H,1H2,2H3. The Morgan fingerprint density at radius 3 is 2.55 bits per heavy atom. The van der Waals surface area contributed by atoms with Crippen LogP contribution in [0.15, 0.2) is 47.9 Å². The summed E-state index contributed by atoms with van der Waals surface area (Å²) < 4.78 is 26.0. The minimum Gasteiger partial charge on any atom is -0.355 e. The van der Waals surface area contributed by atoms with Gasteiger partial charge in [-0.15, -0.1) is 11.8 Å². The molecule has 0 spiro atoms. The summed E-state index contributed by atoms with van der Waals surface area (Å²) in [5.41, 5.74) is 1.86. The molecule has 2 aromatic rings. The fourth-order valence-corrected chi connectivity index (χ4v) is 2.52. The smallest absolute Gasteiger partial charge is 0.160 e. The normalized spacial score (nSPS) is 10.4. The van der Waals surface area contributed by atoms with E-state index in [0.717, 1.165) is 22.6 Å². The second-order valence-corrected chi connectivity index (χ2v) is 5.34. The van der Waals surface area contributed by atoms with Crippen molar-refractivity contribution in [3.8, 4) is 0 Å². The second kappa shape index (κ2) is 6.29. The van der Waals surface area contributed by atoms with Crippen molar-refractivity contribution >= 4 is 34.7 Å². The molecule has 20 heavy (non-hydrogen) atoms. The van der Waals surface area contributed by atoms with Gasteiger partial charge in [0.15, 0.2) is 11.6 Å². The molecule has 0 unspecified atom stereocenters. The van der Waals surface area contributed by atoms with E-state index in [1.54, 1.807) is 6.07 Å². The van der Waals surface area contributed by atoms with E-state index in [1.165, 1.54) is 17.8 Å². The van der Waals surface area contributed by atoms with Crippen molar-refractivity contribution in [2.75, 3.05) is 11.6 Å². The van der Waals surface area contributed by atoms with E-state index in [1.807, 2.05) is 18.4 Å². The Morgan fingerprint density at radius 1 is 1.15 bits per heavy atom. The lowest BCUT2D eigenvalue weighted by atomic mass is 10.1. The first-order chi connectivity index (χ1) is 9.51. The monoisotopic (exact) mass is 311 g/mol. The number of hydrogen-bond acceptors (Lipinski definition) is 2. The summed E-state index contributed by atoms with van der Waals surface area (Å²) in [6.07, 6.45) is 1.93. The Morgan fingerprint density at radius 2 is 1.90 bits per heavy atom. The first-order valence-electron chi connectivity index (χ1n) is 5.76. The highest BCUT2D eigenvalue weighted by atomic mass is 35.5. The van der Waals surface area contributed by atoms with Crippen molar-refractivity contribution in [3.63, 3.8) is 0 Å². The first-order valence-corrected chi connectivity index (χ1v) is 7.36. The van der Waals surface area contributed by atoms with E-state index in [4.69, 9.17) is 11.6 Å². The molecule has 0 amide bonds. The number of rotatable bonds is 4. The maximum atomic E-state index is 13.1. The van der Waals surface area contributed by atoms with Crippen LogP contribution >= 0.6 is 23.4 Å². The van der Waals surface area contributed by atoms with Crippen molar-refractivity contribution < 1.29 is 8.78 Å². The first kappa shape index (κ1) is 14.9. The molecule has 0 radical (unpaired) electrons. The maximum Gasteiger partial charge on any atom is 0.160 e. The lowest BCUT2D eigenvalue weighted by Gasteiger charge is -2.11. The van der Waals surface area contributed by atoms with Crippen LogP contribution < -0.4 is 5.32 Å². The van der Waals surface area contributed by atoms with Gasteiger partial charge in [0.2, 0.25) is 0 Å². The highest BCUT2D eigenvalue weighted by molar-refractivity contribution is 7.98. The van der Waals surface area contributed by atoms with Gasteiger partial charge in [-0.2, -0.15) is 0 Å². The molecule has 0 saturated carbocycles. The van der Waals surface area contributed by atoms with E-state index >= 15 is 0 Å². The topological polar surface area (TPSA) is 12.0 Å². The predicted octanol–water partition coefficient (Wildman–Crippen LogP) is 5.42. The van der Waals surface area contributed by atoms with Gasteiger partial charge in [-0.1, -0.05) is 24.2 Å².